The van der Waals surface area contributed by atoms with Gasteiger partial charge in [0.2, 0.25) is 0 Å². The molecule has 0 spiro atoms. The van der Waals surface area contributed by atoms with Gasteiger partial charge in [-0.3, -0.25) is 12.2 Å². The molecule has 0 amide bonds. The van der Waals surface area contributed by atoms with Crippen molar-refractivity contribution in [2.24, 2.45) is 0 Å². The van der Waals surface area contributed by atoms with Crippen LogP contribution in [0.25, 0.3) is 0 Å². The van der Waals surface area contributed by atoms with Crippen molar-refractivity contribution in [1.29, 1.82) is 0 Å². The number of aryl methyl sites for hydroxylation is 1. The molecule has 0 saturated heterocycles. The third-order valence-corrected chi connectivity index (χ3v) is 3.09. The van der Waals surface area contributed by atoms with Gasteiger partial charge in [0.25, 0.3) is 0 Å². The zero-order valence-corrected chi connectivity index (χ0v) is 13.0. The molecule has 0 radical (unpaired) electrons. The number of hydrogen-bond acceptors (Lipinski definition) is 1. The van der Waals surface area contributed by atoms with Crippen LogP contribution in [0.1, 0.15) is 24.8 Å². The summed E-state index contributed by atoms with van der Waals surface area (Å²) in [6, 6.07) is 10.1. The molecular weight excluding hydrogens is 300 g/mol. The minimum Gasteiger partial charge on any atom is -0.315 e. The van der Waals surface area contributed by atoms with Gasteiger partial charge in [0.1, 0.15) is 0 Å². The molecule has 1 aromatic rings. The molecule has 2 heteroatoms. The number of ketones is 1. The zero-order chi connectivity index (χ0) is 14.0. The standard InChI is InChI=1S/C14H13O.C5H5.Fe/c15-14(13-8-4-5-9-13)11-10-12-6-2-1-3-7-12;1-2-4-5-3-1;/h1-3,6-9H,4,10-11H2;1-3H,4H2;/q2*-1;+2. The van der Waals surface area contributed by atoms with E-state index in [4.69, 9.17) is 0 Å². The van der Waals surface area contributed by atoms with Crippen LogP contribution < -0.4 is 0 Å². The molecule has 21 heavy (non-hydrogen) atoms. The third-order valence-electron chi connectivity index (χ3n) is 3.09. The Bertz CT molecular complexity index is 540. The molecule has 3 rings (SSSR count). The Balaban J connectivity index is 0.000000313. The van der Waals surface area contributed by atoms with Gasteiger partial charge >= 0.3 is 17.1 Å². The maximum atomic E-state index is 11.7. The van der Waals surface area contributed by atoms with E-state index in [-0.39, 0.29) is 22.9 Å². The SMILES string of the molecule is O=C(CCc1ccccc1)C1=CC[C-]=C1.[C-]1=CC=CC1.[Fe+2]. The average Bonchev–Trinajstić information content (AvgIpc) is 3.20. The first-order valence-corrected chi connectivity index (χ1v) is 6.92. The fourth-order valence-electron chi connectivity index (χ4n) is 1.98. The summed E-state index contributed by atoms with van der Waals surface area (Å²) in [6.07, 6.45) is 18.9. The quantitative estimate of drug-likeness (QED) is 0.601. The number of Topliss-reactive ketones (excluding diaryl/α,β-unsaturated/α-hetero) is 1. The predicted octanol–water partition coefficient (Wildman–Crippen LogP) is 4.18. The van der Waals surface area contributed by atoms with E-state index in [1.165, 1.54) is 5.56 Å². The number of carbonyl (C=O) groups is 1. The molecule has 0 unspecified atom stereocenters. The second-order valence-corrected chi connectivity index (χ2v) is 4.62. The first-order valence-electron chi connectivity index (χ1n) is 6.92. The van der Waals surface area contributed by atoms with Crippen molar-refractivity contribution in [2.45, 2.75) is 25.7 Å². The third kappa shape index (κ3) is 6.57. The largest absolute Gasteiger partial charge is 2.00 e. The Hall–Kier alpha value is -1.63. The van der Waals surface area contributed by atoms with Crippen molar-refractivity contribution in [1.82, 2.24) is 0 Å². The zero-order valence-electron chi connectivity index (χ0n) is 11.9. The first-order chi connectivity index (χ1) is 9.86. The van der Waals surface area contributed by atoms with Crippen LogP contribution in [-0.2, 0) is 28.3 Å². The molecule has 2 aliphatic carbocycles. The van der Waals surface area contributed by atoms with E-state index in [0.717, 1.165) is 24.8 Å². The molecule has 0 saturated carbocycles. The summed E-state index contributed by atoms with van der Waals surface area (Å²) in [4.78, 5) is 11.7. The van der Waals surface area contributed by atoms with Crippen molar-refractivity contribution < 1.29 is 21.9 Å². The predicted molar refractivity (Wildman–Crippen MR) is 81.9 cm³/mol. The van der Waals surface area contributed by atoms with Crippen LogP contribution in [0, 0.1) is 12.2 Å². The van der Waals surface area contributed by atoms with Crippen molar-refractivity contribution in [3.05, 3.63) is 84.0 Å². The maximum absolute atomic E-state index is 11.7. The summed E-state index contributed by atoms with van der Waals surface area (Å²) >= 11 is 0. The van der Waals surface area contributed by atoms with Gasteiger partial charge in [-0.05, 0) is 18.4 Å². The molecule has 2 aliphatic rings. The molecular formula is C19H18FeO. The molecule has 0 aliphatic heterocycles. The van der Waals surface area contributed by atoms with Crippen LogP contribution in [0.15, 0.2) is 66.3 Å². The van der Waals surface area contributed by atoms with Gasteiger partial charge in [-0.1, -0.05) is 30.3 Å². The minimum atomic E-state index is 0. The van der Waals surface area contributed by atoms with Crippen molar-refractivity contribution >= 4 is 5.78 Å². The van der Waals surface area contributed by atoms with Crippen LogP contribution in [-0.4, -0.2) is 5.78 Å². The van der Waals surface area contributed by atoms with Gasteiger partial charge in [0.05, 0.1) is 5.78 Å². The summed E-state index contributed by atoms with van der Waals surface area (Å²) in [5.74, 6) is 0.226. The summed E-state index contributed by atoms with van der Waals surface area (Å²) in [6.45, 7) is 0. The van der Waals surface area contributed by atoms with E-state index >= 15 is 0 Å². The number of rotatable bonds is 4. The molecule has 0 heterocycles. The van der Waals surface area contributed by atoms with E-state index in [9.17, 15) is 4.79 Å². The van der Waals surface area contributed by atoms with Crippen molar-refractivity contribution in [3.8, 4) is 0 Å². The second-order valence-electron chi connectivity index (χ2n) is 4.62. The topological polar surface area (TPSA) is 17.1 Å². The molecule has 108 valence electrons. The van der Waals surface area contributed by atoms with E-state index < -0.39 is 0 Å². The Morgan fingerprint density at radius 2 is 1.90 bits per heavy atom. The summed E-state index contributed by atoms with van der Waals surface area (Å²) in [7, 11) is 0. The molecule has 0 atom stereocenters. The van der Waals surface area contributed by atoms with Crippen LogP contribution in [0.2, 0.25) is 0 Å². The number of benzene rings is 1. The molecule has 1 aromatic carbocycles. The first kappa shape index (κ1) is 17.4. The maximum Gasteiger partial charge on any atom is 2.00 e. The molecule has 1 nitrogen and oxygen atoms in total. The number of allylic oxidation sites excluding steroid dienone is 8. The van der Waals surface area contributed by atoms with Crippen molar-refractivity contribution in [3.63, 3.8) is 0 Å². The smallest absolute Gasteiger partial charge is 0.315 e. The number of hydrogen-bond donors (Lipinski definition) is 0. The molecule has 0 fully saturated rings. The molecule has 0 N–H and O–H groups in total. The van der Waals surface area contributed by atoms with Crippen LogP contribution >= 0.6 is 0 Å². The fraction of sp³-hybridized carbons (Fsp3) is 0.211. The summed E-state index contributed by atoms with van der Waals surface area (Å²) in [5.41, 5.74) is 2.04. The Labute approximate surface area is 137 Å². The van der Waals surface area contributed by atoms with E-state index in [2.05, 4.69) is 30.4 Å². The Morgan fingerprint density at radius 1 is 1.10 bits per heavy atom. The Kier molecular flexibility index (Phi) is 8.42. The molecule has 0 aromatic heterocycles. The van der Waals surface area contributed by atoms with E-state index in [1.807, 2.05) is 36.4 Å². The normalized spacial score (nSPS) is 14.2. The van der Waals surface area contributed by atoms with Crippen LogP contribution in [0.5, 0.6) is 0 Å². The minimum absolute atomic E-state index is 0. The fourth-order valence-corrected chi connectivity index (χ4v) is 1.98. The summed E-state index contributed by atoms with van der Waals surface area (Å²) < 4.78 is 0. The van der Waals surface area contributed by atoms with Gasteiger partial charge in [-0.2, -0.15) is 12.2 Å². The van der Waals surface area contributed by atoms with Gasteiger partial charge in [0, 0.05) is 0 Å². The molecule has 0 bridgehead atoms. The van der Waals surface area contributed by atoms with Crippen LogP contribution in [0.3, 0.4) is 0 Å². The Morgan fingerprint density at radius 3 is 2.43 bits per heavy atom. The van der Waals surface area contributed by atoms with E-state index in [1.54, 1.807) is 6.08 Å². The summed E-state index contributed by atoms with van der Waals surface area (Å²) in [5, 5.41) is 0. The van der Waals surface area contributed by atoms with Crippen LogP contribution in [0.4, 0.5) is 0 Å². The number of carbonyl (C=O) groups excluding carboxylic acids is 1. The van der Waals surface area contributed by atoms with Gasteiger partial charge in [0.15, 0.2) is 0 Å². The second kappa shape index (κ2) is 10.1. The van der Waals surface area contributed by atoms with Gasteiger partial charge < -0.3 is 4.79 Å². The van der Waals surface area contributed by atoms with E-state index in [0.29, 0.717) is 6.42 Å². The monoisotopic (exact) mass is 318 g/mol. The van der Waals surface area contributed by atoms with Crippen molar-refractivity contribution in [2.75, 3.05) is 0 Å². The van der Waals surface area contributed by atoms with Gasteiger partial charge in [-0.15, -0.1) is 18.4 Å². The average molecular weight is 318 g/mol. The van der Waals surface area contributed by atoms with Gasteiger partial charge in [-0.25, -0.2) is 18.2 Å².